The quantitative estimate of drug-likeness (QED) is 0.597. The highest BCUT2D eigenvalue weighted by molar-refractivity contribution is 5.89. The number of nitrogens with zero attached hydrogens (tertiary/aromatic N) is 6. The molecule has 0 aliphatic heterocycles. The Morgan fingerprint density at radius 2 is 2.04 bits per heavy atom. The third-order valence-electron chi connectivity index (χ3n) is 5.35. The smallest absolute Gasteiger partial charge is 0.280 e. The van der Waals surface area contributed by atoms with Gasteiger partial charge < -0.3 is 10.3 Å². The predicted octanol–water partition coefficient (Wildman–Crippen LogP) is 2.90. The summed E-state index contributed by atoms with van der Waals surface area (Å²) >= 11 is 0. The molecule has 5 rings (SSSR count). The van der Waals surface area contributed by atoms with Crippen LogP contribution in [0.4, 0.5) is 0 Å². The van der Waals surface area contributed by atoms with Gasteiger partial charge in [-0.25, -0.2) is 4.68 Å². The molecule has 0 atom stereocenters. The Labute approximate surface area is 155 Å². The van der Waals surface area contributed by atoms with Gasteiger partial charge in [-0.05, 0) is 31.9 Å². The van der Waals surface area contributed by atoms with E-state index in [4.69, 9.17) is 10.3 Å². The van der Waals surface area contributed by atoms with Gasteiger partial charge in [0.1, 0.15) is 0 Å². The van der Waals surface area contributed by atoms with Crippen LogP contribution in [-0.4, -0.2) is 30.1 Å². The van der Waals surface area contributed by atoms with Gasteiger partial charge in [0, 0.05) is 23.2 Å². The van der Waals surface area contributed by atoms with Gasteiger partial charge in [-0.2, -0.15) is 4.98 Å². The minimum absolute atomic E-state index is 0.354. The first-order chi connectivity index (χ1) is 13.2. The van der Waals surface area contributed by atoms with Gasteiger partial charge in [-0.15, -0.1) is 5.10 Å². The molecule has 4 aromatic rings. The first kappa shape index (κ1) is 16.1. The van der Waals surface area contributed by atoms with Crippen molar-refractivity contribution in [3.05, 3.63) is 48.2 Å². The van der Waals surface area contributed by atoms with Crippen molar-refractivity contribution in [3.8, 4) is 17.3 Å². The second-order valence-corrected chi connectivity index (χ2v) is 7.10. The molecule has 27 heavy (non-hydrogen) atoms. The van der Waals surface area contributed by atoms with E-state index in [1.165, 1.54) is 0 Å². The number of aromatic nitrogens is 6. The predicted molar refractivity (Wildman–Crippen MR) is 99.0 cm³/mol. The van der Waals surface area contributed by atoms with Gasteiger partial charge >= 0.3 is 0 Å². The summed E-state index contributed by atoms with van der Waals surface area (Å²) in [6.07, 6.45) is 7.53. The average molecular weight is 361 g/mol. The minimum atomic E-state index is -0.492. The SMILES string of the molecule is Cc1c(-c2nc(C3(N)CCCC3)no2)nnn1-c1cccc2cnccc12. The number of fused-ring (bicyclic) bond motifs is 1. The topological polar surface area (TPSA) is 109 Å². The Morgan fingerprint density at radius 1 is 1.19 bits per heavy atom. The summed E-state index contributed by atoms with van der Waals surface area (Å²) in [4.78, 5) is 8.72. The lowest BCUT2D eigenvalue weighted by molar-refractivity contribution is 0.372. The van der Waals surface area contributed by atoms with Crippen LogP contribution in [-0.2, 0) is 5.54 Å². The van der Waals surface area contributed by atoms with Crippen molar-refractivity contribution < 1.29 is 4.52 Å². The molecule has 0 radical (unpaired) electrons. The van der Waals surface area contributed by atoms with Crippen molar-refractivity contribution in [2.75, 3.05) is 0 Å². The average Bonchev–Trinajstić information content (AvgIpc) is 3.42. The second kappa shape index (κ2) is 5.95. The van der Waals surface area contributed by atoms with Crippen LogP contribution in [0.1, 0.15) is 37.2 Å². The van der Waals surface area contributed by atoms with E-state index in [0.717, 1.165) is 47.8 Å². The van der Waals surface area contributed by atoms with Gasteiger partial charge in [0.25, 0.3) is 5.89 Å². The van der Waals surface area contributed by atoms with Gasteiger partial charge in [-0.3, -0.25) is 4.98 Å². The van der Waals surface area contributed by atoms with Gasteiger partial charge in [0.15, 0.2) is 11.5 Å². The van der Waals surface area contributed by atoms with E-state index < -0.39 is 5.54 Å². The Balaban J connectivity index is 1.57. The zero-order valence-electron chi connectivity index (χ0n) is 15.0. The van der Waals surface area contributed by atoms with E-state index >= 15 is 0 Å². The zero-order valence-corrected chi connectivity index (χ0v) is 15.0. The molecule has 2 N–H and O–H groups in total. The number of hydrogen-bond acceptors (Lipinski definition) is 7. The number of benzene rings is 1. The number of hydrogen-bond donors (Lipinski definition) is 1. The third-order valence-corrected chi connectivity index (χ3v) is 5.35. The van der Waals surface area contributed by atoms with Gasteiger partial charge in [0.05, 0.1) is 16.9 Å². The van der Waals surface area contributed by atoms with E-state index in [1.54, 1.807) is 10.9 Å². The maximum absolute atomic E-state index is 6.44. The molecule has 1 saturated carbocycles. The van der Waals surface area contributed by atoms with Gasteiger partial charge in [-0.1, -0.05) is 35.3 Å². The molecule has 8 heteroatoms. The molecule has 1 aliphatic carbocycles. The van der Waals surface area contributed by atoms with Crippen molar-refractivity contribution in [3.63, 3.8) is 0 Å². The number of nitrogens with two attached hydrogens (primary N) is 1. The largest absolute Gasteiger partial charge is 0.332 e. The Hall–Kier alpha value is -3.13. The van der Waals surface area contributed by atoms with Crippen molar-refractivity contribution in [1.29, 1.82) is 0 Å². The Morgan fingerprint density at radius 3 is 2.89 bits per heavy atom. The van der Waals surface area contributed by atoms with Crippen molar-refractivity contribution in [1.82, 2.24) is 30.1 Å². The summed E-state index contributed by atoms with van der Waals surface area (Å²) < 4.78 is 7.27. The fourth-order valence-electron chi connectivity index (χ4n) is 3.80. The van der Waals surface area contributed by atoms with E-state index in [9.17, 15) is 0 Å². The molecule has 3 heterocycles. The van der Waals surface area contributed by atoms with Crippen LogP contribution >= 0.6 is 0 Å². The summed E-state index contributed by atoms with van der Waals surface area (Å²) in [6, 6.07) is 7.96. The van der Waals surface area contributed by atoms with E-state index in [2.05, 4.69) is 25.4 Å². The molecule has 0 unspecified atom stereocenters. The molecule has 1 aliphatic rings. The van der Waals surface area contributed by atoms with E-state index in [-0.39, 0.29) is 0 Å². The molecule has 8 nitrogen and oxygen atoms in total. The lowest BCUT2D eigenvalue weighted by atomic mass is 9.99. The molecule has 0 saturated heterocycles. The number of rotatable bonds is 3. The number of pyridine rings is 1. The van der Waals surface area contributed by atoms with Crippen molar-refractivity contribution in [2.45, 2.75) is 38.1 Å². The summed E-state index contributed by atoms with van der Waals surface area (Å²) in [7, 11) is 0. The third kappa shape index (κ3) is 2.52. The second-order valence-electron chi connectivity index (χ2n) is 7.10. The fourth-order valence-corrected chi connectivity index (χ4v) is 3.80. The summed E-state index contributed by atoms with van der Waals surface area (Å²) in [5.41, 5.74) is 8.27. The van der Waals surface area contributed by atoms with E-state index in [0.29, 0.717) is 17.4 Å². The first-order valence-corrected chi connectivity index (χ1v) is 9.05. The normalized spacial score (nSPS) is 16.2. The highest BCUT2D eigenvalue weighted by Crippen LogP contribution is 2.35. The molecule has 0 bridgehead atoms. The fraction of sp³-hybridized carbons (Fsp3) is 0.316. The molecular weight excluding hydrogens is 342 g/mol. The molecule has 0 spiro atoms. The molecule has 136 valence electrons. The van der Waals surface area contributed by atoms with Crippen LogP contribution in [0.2, 0.25) is 0 Å². The monoisotopic (exact) mass is 361 g/mol. The van der Waals surface area contributed by atoms with Crippen molar-refractivity contribution >= 4 is 10.8 Å². The Kier molecular flexibility index (Phi) is 3.54. The van der Waals surface area contributed by atoms with Crippen molar-refractivity contribution in [2.24, 2.45) is 5.73 Å². The summed E-state index contributed by atoms with van der Waals surface area (Å²) in [6.45, 7) is 1.94. The van der Waals surface area contributed by atoms with Crippen LogP contribution in [0.3, 0.4) is 0 Å². The van der Waals surface area contributed by atoms with Gasteiger partial charge in [0.2, 0.25) is 0 Å². The first-order valence-electron chi connectivity index (χ1n) is 9.05. The summed E-state index contributed by atoms with van der Waals surface area (Å²) in [5.74, 6) is 0.910. The van der Waals surface area contributed by atoms with E-state index in [1.807, 2.05) is 37.4 Å². The highest BCUT2D eigenvalue weighted by atomic mass is 16.5. The molecule has 1 aromatic carbocycles. The standard InChI is InChI=1S/C19H19N7O/c1-12-16(17-22-18(24-27-17)19(20)8-2-3-9-19)23-25-26(12)15-6-4-5-13-11-21-10-7-14(13)15/h4-7,10-11H,2-3,8-9,20H2,1H3. The molecule has 0 amide bonds. The molecular formula is C19H19N7O. The van der Waals surface area contributed by atoms with Crippen LogP contribution < -0.4 is 5.73 Å². The van der Waals surface area contributed by atoms with Crippen LogP contribution in [0.25, 0.3) is 28.0 Å². The minimum Gasteiger partial charge on any atom is -0.332 e. The lowest BCUT2D eigenvalue weighted by Crippen LogP contribution is -2.34. The molecule has 3 aromatic heterocycles. The maximum atomic E-state index is 6.44. The van der Waals surface area contributed by atoms with Crippen LogP contribution in [0, 0.1) is 6.92 Å². The maximum Gasteiger partial charge on any atom is 0.280 e. The van der Waals surface area contributed by atoms with Crippen LogP contribution in [0.5, 0.6) is 0 Å². The summed E-state index contributed by atoms with van der Waals surface area (Å²) in [5, 5.41) is 14.8. The molecule has 1 fully saturated rings. The lowest BCUT2D eigenvalue weighted by Gasteiger charge is -2.17. The Bertz CT molecular complexity index is 1120. The van der Waals surface area contributed by atoms with Crippen LogP contribution in [0.15, 0.2) is 41.2 Å². The zero-order chi connectivity index (χ0) is 18.4. The highest BCUT2D eigenvalue weighted by Gasteiger charge is 2.36.